The highest BCUT2D eigenvalue weighted by Gasteiger charge is 2.14. The lowest BCUT2D eigenvalue weighted by Crippen LogP contribution is -2.41. The van der Waals surface area contributed by atoms with Crippen molar-refractivity contribution >= 4 is 17.7 Å². The zero-order chi connectivity index (χ0) is 14.5. The number of carbonyl (C=O) groups excluding carboxylic acids is 1. The van der Waals surface area contributed by atoms with Crippen molar-refractivity contribution in [1.29, 1.82) is 0 Å². The van der Waals surface area contributed by atoms with E-state index in [2.05, 4.69) is 11.2 Å². The first-order chi connectivity index (χ1) is 8.84. The van der Waals surface area contributed by atoms with Crippen molar-refractivity contribution in [1.82, 2.24) is 5.32 Å². The van der Waals surface area contributed by atoms with E-state index in [0.717, 1.165) is 0 Å². The van der Waals surface area contributed by atoms with Crippen LogP contribution in [-0.4, -0.2) is 16.4 Å². The lowest BCUT2D eigenvalue weighted by atomic mass is 10.1. The highest BCUT2D eigenvalue weighted by atomic mass is 16.6. The van der Waals surface area contributed by atoms with E-state index in [4.69, 9.17) is 6.42 Å². The van der Waals surface area contributed by atoms with Gasteiger partial charge in [0.05, 0.1) is 10.5 Å². The van der Waals surface area contributed by atoms with E-state index < -0.39 is 10.5 Å². The van der Waals surface area contributed by atoms with Gasteiger partial charge in [0, 0.05) is 18.2 Å². The van der Waals surface area contributed by atoms with Gasteiger partial charge in [-0.25, -0.2) is 0 Å². The second-order valence-corrected chi connectivity index (χ2v) is 4.44. The number of terminal acetylenes is 1. The number of carbonyl (C=O) groups is 1. The van der Waals surface area contributed by atoms with Crippen LogP contribution in [0.15, 0.2) is 30.3 Å². The third-order valence-corrected chi connectivity index (χ3v) is 2.30. The first kappa shape index (κ1) is 14.5. The van der Waals surface area contributed by atoms with Crippen molar-refractivity contribution in [2.24, 2.45) is 0 Å². The zero-order valence-corrected chi connectivity index (χ0v) is 10.7. The van der Waals surface area contributed by atoms with Crippen molar-refractivity contribution in [3.63, 3.8) is 0 Å². The molecule has 1 aromatic rings. The van der Waals surface area contributed by atoms with E-state index in [-0.39, 0.29) is 11.6 Å². The second-order valence-electron chi connectivity index (χ2n) is 4.44. The van der Waals surface area contributed by atoms with Gasteiger partial charge >= 0.3 is 0 Å². The van der Waals surface area contributed by atoms with Crippen molar-refractivity contribution in [3.05, 3.63) is 46.0 Å². The van der Waals surface area contributed by atoms with E-state index in [1.54, 1.807) is 26.0 Å². The lowest BCUT2D eigenvalue weighted by Gasteiger charge is -2.17. The summed E-state index contributed by atoms with van der Waals surface area (Å²) in [6.07, 6.45) is 8.04. The average Bonchev–Trinajstić information content (AvgIpc) is 2.36. The molecule has 19 heavy (non-hydrogen) atoms. The van der Waals surface area contributed by atoms with E-state index in [1.165, 1.54) is 24.3 Å². The first-order valence-corrected chi connectivity index (χ1v) is 5.56. The van der Waals surface area contributed by atoms with Crippen LogP contribution in [0.5, 0.6) is 0 Å². The number of nitro groups is 1. The summed E-state index contributed by atoms with van der Waals surface area (Å²) in [5.41, 5.74) is -0.182. The highest BCUT2D eigenvalue weighted by Crippen LogP contribution is 2.14. The lowest BCUT2D eigenvalue weighted by molar-refractivity contribution is -0.384. The molecule has 1 N–H and O–H groups in total. The SMILES string of the molecule is C#CC(C)(C)NC(=O)C=Cc1cccc([N+](=O)[O-])c1. The summed E-state index contributed by atoms with van der Waals surface area (Å²) in [4.78, 5) is 21.7. The van der Waals surface area contributed by atoms with Crippen molar-refractivity contribution in [2.75, 3.05) is 0 Å². The third-order valence-electron chi connectivity index (χ3n) is 2.30. The fourth-order valence-corrected chi connectivity index (χ4v) is 1.30. The normalized spacial score (nSPS) is 11.0. The number of hydrogen-bond donors (Lipinski definition) is 1. The summed E-state index contributed by atoms with van der Waals surface area (Å²) in [6.45, 7) is 3.40. The maximum absolute atomic E-state index is 11.6. The molecule has 5 nitrogen and oxygen atoms in total. The molecule has 0 aliphatic carbocycles. The van der Waals surface area contributed by atoms with Gasteiger partial charge in [-0.15, -0.1) is 6.42 Å². The molecule has 0 aromatic heterocycles. The third kappa shape index (κ3) is 4.64. The summed E-state index contributed by atoms with van der Waals surface area (Å²) in [6, 6.07) is 6.00. The van der Waals surface area contributed by atoms with Crippen LogP contribution in [0.1, 0.15) is 19.4 Å². The molecule has 0 saturated heterocycles. The fourth-order valence-electron chi connectivity index (χ4n) is 1.30. The van der Waals surface area contributed by atoms with Crippen LogP contribution in [0, 0.1) is 22.5 Å². The van der Waals surface area contributed by atoms with E-state index in [9.17, 15) is 14.9 Å². The Morgan fingerprint density at radius 2 is 2.21 bits per heavy atom. The Morgan fingerprint density at radius 1 is 1.53 bits per heavy atom. The highest BCUT2D eigenvalue weighted by molar-refractivity contribution is 5.92. The number of hydrogen-bond acceptors (Lipinski definition) is 3. The summed E-state index contributed by atoms with van der Waals surface area (Å²) < 4.78 is 0. The van der Waals surface area contributed by atoms with Crippen LogP contribution < -0.4 is 5.32 Å². The van der Waals surface area contributed by atoms with Gasteiger partial charge in [0.25, 0.3) is 5.69 Å². The molecular formula is C14H14N2O3. The maximum Gasteiger partial charge on any atom is 0.270 e. The average molecular weight is 258 g/mol. The second kappa shape index (κ2) is 5.83. The number of rotatable bonds is 4. The molecule has 0 aliphatic heterocycles. The standard InChI is InChI=1S/C14H14N2O3/c1-4-14(2,3)15-13(17)9-8-11-6-5-7-12(10-11)16(18)19/h1,5-10H,2-3H3,(H,15,17). The zero-order valence-electron chi connectivity index (χ0n) is 10.7. The molecule has 0 aliphatic rings. The molecule has 0 spiro atoms. The predicted molar refractivity (Wildman–Crippen MR) is 73.2 cm³/mol. The largest absolute Gasteiger partial charge is 0.337 e. The molecule has 0 unspecified atom stereocenters. The van der Waals surface area contributed by atoms with Gasteiger partial charge < -0.3 is 5.32 Å². The summed E-state index contributed by atoms with van der Waals surface area (Å²) in [5.74, 6) is 2.09. The first-order valence-electron chi connectivity index (χ1n) is 5.56. The molecule has 0 heterocycles. The molecule has 0 radical (unpaired) electrons. The van der Waals surface area contributed by atoms with Gasteiger partial charge in [-0.3, -0.25) is 14.9 Å². The summed E-state index contributed by atoms with van der Waals surface area (Å²) in [7, 11) is 0. The van der Waals surface area contributed by atoms with Gasteiger partial charge in [-0.1, -0.05) is 18.1 Å². The summed E-state index contributed by atoms with van der Waals surface area (Å²) in [5, 5.41) is 13.2. The molecule has 1 aromatic carbocycles. The number of non-ortho nitro benzene ring substituents is 1. The molecule has 5 heteroatoms. The predicted octanol–water partition coefficient (Wildman–Crippen LogP) is 2.14. The molecule has 0 saturated carbocycles. The van der Waals surface area contributed by atoms with Gasteiger partial charge in [0.2, 0.25) is 5.91 Å². The Morgan fingerprint density at radius 3 is 2.79 bits per heavy atom. The van der Waals surface area contributed by atoms with Gasteiger partial charge in [-0.05, 0) is 25.5 Å². The number of nitro benzene ring substituents is 1. The topological polar surface area (TPSA) is 72.2 Å². The molecular weight excluding hydrogens is 244 g/mol. The minimum atomic E-state index is -0.732. The van der Waals surface area contributed by atoms with Gasteiger partial charge in [-0.2, -0.15) is 0 Å². The quantitative estimate of drug-likeness (QED) is 0.389. The Bertz CT molecular complexity index is 568. The smallest absolute Gasteiger partial charge is 0.270 e. The Balaban J connectivity index is 2.77. The van der Waals surface area contributed by atoms with Crippen molar-refractivity contribution in [2.45, 2.75) is 19.4 Å². The Labute approximate surface area is 111 Å². The van der Waals surface area contributed by atoms with Gasteiger partial charge in [0.15, 0.2) is 0 Å². The number of benzene rings is 1. The van der Waals surface area contributed by atoms with Crippen molar-refractivity contribution in [3.8, 4) is 12.3 Å². The molecule has 0 fully saturated rings. The van der Waals surface area contributed by atoms with Crippen LogP contribution in [0.2, 0.25) is 0 Å². The van der Waals surface area contributed by atoms with Crippen LogP contribution in [0.3, 0.4) is 0 Å². The van der Waals surface area contributed by atoms with Crippen LogP contribution in [0.25, 0.3) is 6.08 Å². The molecule has 1 rings (SSSR count). The van der Waals surface area contributed by atoms with E-state index >= 15 is 0 Å². The minimum Gasteiger partial charge on any atom is -0.337 e. The molecule has 0 bridgehead atoms. The van der Waals surface area contributed by atoms with Crippen LogP contribution >= 0.6 is 0 Å². The number of amides is 1. The maximum atomic E-state index is 11.6. The summed E-state index contributed by atoms with van der Waals surface area (Å²) >= 11 is 0. The molecule has 0 atom stereocenters. The van der Waals surface area contributed by atoms with Crippen LogP contribution in [-0.2, 0) is 4.79 Å². The monoisotopic (exact) mass is 258 g/mol. The fraction of sp³-hybridized carbons (Fsp3) is 0.214. The minimum absolute atomic E-state index is 0.0217. The van der Waals surface area contributed by atoms with Crippen LogP contribution in [0.4, 0.5) is 5.69 Å². The van der Waals surface area contributed by atoms with Crippen molar-refractivity contribution < 1.29 is 9.72 Å². The Kier molecular flexibility index (Phi) is 4.43. The molecule has 1 amide bonds. The van der Waals surface area contributed by atoms with E-state index in [1.807, 2.05) is 0 Å². The van der Waals surface area contributed by atoms with E-state index in [0.29, 0.717) is 5.56 Å². The number of nitrogens with one attached hydrogen (secondary N) is 1. The Hall–Kier alpha value is -2.61. The molecule has 98 valence electrons. The number of nitrogens with zero attached hydrogens (tertiary/aromatic N) is 1. The van der Waals surface area contributed by atoms with Gasteiger partial charge in [0.1, 0.15) is 0 Å².